The van der Waals surface area contributed by atoms with E-state index >= 15 is 0 Å². The molecule has 2 aromatic heterocycles. The number of anilines is 2. The number of carboxylic acids is 2. The van der Waals surface area contributed by atoms with Crippen molar-refractivity contribution in [2.45, 2.75) is 18.9 Å². The number of rotatable bonds is 8. The van der Waals surface area contributed by atoms with Crippen molar-refractivity contribution < 1.29 is 24.6 Å². The van der Waals surface area contributed by atoms with Crippen molar-refractivity contribution >= 4 is 52.8 Å². The molecule has 32 heavy (non-hydrogen) atoms. The Morgan fingerprint density at radius 3 is 2.38 bits per heavy atom. The molecule has 11 nitrogen and oxygen atoms in total. The van der Waals surface area contributed by atoms with E-state index in [1.165, 1.54) is 0 Å². The first kappa shape index (κ1) is 22.2. The van der Waals surface area contributed by atoms with Gasteiger partial charge in [0, 0.05) is 18.2 Å². The number of pyridine rings is 1. The molecule has 0 bridgehead atoms. The molecule has 164 valence electrons. The molecule has 0 fully saturated rings. The Kier molecular flexibility index (Phi) is 6.59. The molecule has 0 aliphatic carbocycles. The number of hydrogen-bond donors (Lipinski definition) is 5. The topological polar surface area (TPSA) is 194 Å². The van der Waals surface area contributed by atoms with Crippen LogP contribution < -0.4 is 16.8 Å². The van der Waals surface area contributed by atoms with Gasteiger partial charge in [-0.05, 0) is 35.7 Å². The van der Waals surface area contributed by atoms with E-state index in [2.05, 4.69) is 20.3 Å². The average Bonchev–Trinajstić information content (AvgIpc) is 2.75. The zero-order valence-electron chi connectivity index (χ0n) is 16.7. The number of benzene rings is 1. The van der Waals surface area contributed by atoms with Crippen molar-refractivity contribution in [3.63, 3.8) is 0 Å². The van der Waals surface area contributed by atoms with Crippen LogP contribution in [0.25, 0.3) is 23.2 Å². The van der Waals surface area contributed by atoms with Crippen molar-refractivity contribution in [3.8, 4) is 0 Å². The second-order valence-electron chi connectivity index (χ2n) is 6.86. The summed E-state index contributed by atoms with van der Waals surface area (Å²) in [7, 11) is 0. The van der Waals surface area contributed by atoms with Crippen LogP contribution in [0.4, 0.5) is 11.8 Å². The first-order chi connectivity index (χ1) is 15.2. The van der Waals surface area contributed by atoms with Crippen molar-refractivity contribution in [2.24, 2.45) is 0 Å². The standard InChI is InChI=1S/C21H20N6O5/c22-17-14-9-12(10-24-18(14)27-21(23)26-17)2-1-11-3-5-13(6-4-11)19(30)25-15(20(31)32)7-8-16(28)29/h1-6,9-10,15H,7-8H2,(H,25,30)(H,28,29)(H,31,32)(H4,22,23,24,26,27)/t15-/m0/s1. The van der Waals surface area contributed by atoms with Crippen LogP contribution in [0.5, 0.6) is 0 Å². The zero-order valence-corrected chi connectivity index (χ0v) is 16.7. The number of fused-ring (bicyclic) bond motifs is 1. The highest BCUT2D eigenvalue weighted by Gasteiger charge is 2.21. The zero-order chi connectivity index (χ0) is 23.3. The quantitative estimate of drug-likeness (QED) is 0.344. The number of amides is 1. The number of aromatic nitrogens is 3. The van der Waals surface area contributed by atoms with Crippen LogP contribution in [0.2, 0.25) is 0 Å². The number of nitrogen functional groups attached to an aromatic ring is 2. The second kappa shape index (κ2) is 9.51. The highest BCUT2D eigenvalue weighted by Crippen LogP contribution is 2.19. The predicted octanol–water partition coefficient (Wildman–Crippen LogP) is 1.41. The summed E-state index contributed by atoms with van der Waals surface area (Å²) in [4.78, 5) is 46.3. The number of nitrogens with one attached hydrogen (secondary N) is 1. The van der Waals surface area contributed by atoms with Crippen LogP contribution in [0.1, 0.15) is 34.3 Å². The maximum atomic E-state index is 12.3. The Bertz CT molecular complexity index is 1210. The van der Waals surface area contributed by atoms with E-state index < -0.39 is 23.9 Å². The van der Waals surface area contributed by atoms with E-state index in [1.54, 1.807) is 48.7 Å². The molecule has 0 unspecified atom stereocenters. The van der Waals surface area contributed by atoms with Gasteiger partial charge in [-0.3, -0.25) is 9.59 Å². The Balaban J connectivity index is 1.69. The number of carboxylic acid groups (broad SMARTS) is 2. The molecule has 0 aliphatic heterocycles. The third kappa shape index (κ3) is 5.53. The minimum atomic E-state index is -1.29. The molecule has 0 saturated heterocycles. The molecular formula is C21H20N6O5. The molecule has 1 amide bonds. The van der Waals surface area contributed by atoms with E-state index in [1.807, 2.05) is 0 Å². The fourth-order valence-electron chi connectivity index (χ4n) is 2.86. The lowest BCUT2D eigenvalue weighted by Crippen LogP contribution is -2.41. The third-order valence-corrected chi connectivity index (χ3v) is 4.51. The molecule has 3 aromatic rings. The first-order valence-electron chi connectivity index (χ1n) is 9.45. The van der Waals surface area contributed by atoms with Crippen LogP contribution in [0.3, 0.4) is 0 Å². The minimum absolute atomic E-state index is 0.0477. The van der Waals surface area contributed by atoms with Crippen LogP contribution in [-0.2, 0) is 9.59 Å². The lowest BCUT2D eigenvalue weighted by molar-refractivity contribution is -0.140. The molecule has 2 heterocycles. The summed E-state index contributed by atoms with van der Waals surface area (Å²) in [5.41, 5.74) is 13.6. The molecule has 7 N–H and O–H groups in total. The number of nitrogens with two attached hydrogens (primary N) is 2. The Morgan fingerprint density at radius 1 is 1.03 bits per heavy atom. The SMILES string of the molecule is Nc1nc(N)c2cc(C=Cc3ccc(C(=O)N[C@@H](CCC(=O)O)C(=O)O)cc3)cnc2n1. The summed E-state index contributed by atoms with van der Waals surface area (Å²) in [6.45, 7) is 0. The maximum Gasteiger partial charge on any atom is 0.326 e. The lowest BCUT2D eigenvalue weighted by Gasteiger charge is -2.13. The summed E-state index contributed by atoms with van der Waals surface area (Å²) < 4.78 is 0. The number of hydrogen-bond acceptors (Lipinski definition) is 8. The Labute approximate surface area is 181 Å². The summed E-state index contributed by atoms with van der Waals surface area (Å²) in [6, 6.07) is 6.94. The smallest absolute Gasteiger partial charge is 0.326 e. The van der Waals surface area contributed by atoms with Gasteiger partial charge in [0.1, 0.15) is 11.9 Å². The van der Waals surface area contributed by atoms with Crippen LogP contribution >= 0.6 is 0 Å². The van der Waals surface area contributed by atoms with E-state index in [0.717, 1.165) is 11.1 Å². The molecule has 3 rings (SSSR count). The fraction of sp³-hybridized carbons (Fsp3) is 0.143. The van der Waals surface area contributed by atoms with Gasteiger partial charge < -0.3 is 27.0 Å². The summed E-state index contributed by atoms with van der Waals surface area (Å²) >= 11 is 0. The van der Waals surface area contributed by atoms with Crippen molar-refractivity contribution in [1.82, 2.24) is 20.3 Å². The predicted molar refractivity (Wildman–Crippen MR) is 117 cm³/mol. The second-order valence-corrected chi connectivity index (χ2v) is 6.86. The number of aliphatic carboxylic acids is 2. The van der Waals surface area contributed by atoms with Gasteiger partial charge in [-0.2, -0.15) is 9.97 Å². The van der Waals surface area contributed by atoms with Gasteiger partial charge in [0.05, 0.1) is 5.39 Å². The fourth-order valence-corrected chi connectivity index (χ4v) is 2.86. The number of nitrogens with zero attached hydrogens (tertiary/aromatic N) is 3. The molecule has 0 aliphatic rings. The van der Waals surface area contributed by atoms with Crippen molar-refractivity contribution in [3.05, 3.63) is 53.2 Å². The molecular weight excluding hydrogens is 416 g/mol. The van der Waals surface area contributed by atoms with E-state index in [9.17, 15) is 14.4 Å². The molecule has 0 spiro atoms. The Hall–Kier alpha value is -4.54. The Morgan fingerprint density at radius 2 is 1.72 bits per heavy atom. The average molecular weight is 436 g/mol. The van der Waals surface area contributed by atoms with Gasteiger partial charge in [-0.15, -0.1) is 0 Å². The van der Waals surface area contributed by atoms with Gasteiger partial charge in [0.25, 0.3) is 5.91 Å². The highest BCUT2D eigenvalue weighted by atomic mass is 16.4. The molecule has 1 aromatic carbocycles. The maximum absolute atomic E-state index is 12.3. The molecule has 11 heteroatoms. The molecule has 1 atom stereocenters. The van der Waals surface area contributed by atoms with Gasteiger partial charge in [-0.25, -0.2) is 9.78 Å². The van der Waals surface area contributed by atoms with E-state index in [4.69, 9.17) is 21.7 Å². The van der Waals surface area contributed by atoms with E-state index in [-0.39, 0.29) is 30.2 Å². The van der Waals surface area contributed by atoms with Crippen molar-refractivity contribution in [1.29, 1.82) is 0 Å². The highest BCUT2D eigenvalue weighted by molar-refractivity contribution is 5.97. The summed E-state index contributed by atoms with van der Waals surface area (Å²) in [5, 5.41) is 20.8. The first-order valence-corrected chi connectivity index (χ1v) is 9.45. The van der Waals surface area contributed by atoms with Gasteiger partial charge in [0.2, 0.25) is 5.95 Å². The minimum Gasteiger partial charge on any atom is -0.481 e. The molecule has 0 radical (unpaired) electrons. The molecule has 0 saturated carbocycles. The van der Waals surface area contributed by atoms with Gasteiger partial charge >= 0.3 is 11.9 Å². The number of carbonyl (C=O) groups is 3. The number of carbonyl (C=O) groups excluding carboxylic acids is 1. The monoisotopic (exact) mass is 436 g/mol. The normalized spacial score (nSPS) is 12.0. The van der Waals surface area contributed by atoms with Crippen LogP contribution in [0.15, 0.2) is 36.5 Å². The van der Waals surface area contributed by atoms with E-state index in [0.29, 0.717) is 11.0 Å². The van der Waals surface area contributed by atoms with Crippen molar-refractivity contribution in [2.75, 3.05) is 11.5 Å². The largest absolute Gasteiger partial charge is 0.481 e. The summed E-state index contributed by atoms with van der Waals surface area (Å²) in [6.07, 6.45) is 4.63. The lowest BCUT2D eigenvalue weighted by atomic mass is 10.1. The van der Waals surface area contributed by atoms with Crippen LogP contribution in [-0.4, -0.2) is 49.1 Å². The van der Waals surface area contributed by atoms with Gasteiger partial charge in [0.15, 0.2) is 5.65 Å². The third-order valence-electron chi connectivity index (χ3n) is 4.51. The van der Waals surface area contributed by atoms with Gasteiger partial charge in [-0.1, -0.05) is 24.3 Å². The van der Waals surface area contributed by atoms with Crippen LogP contribution in [0, 0.1) is 0 Å². The summed E-state index contributed by atoms with van der Waals surface area (Å²) in [5.74, 6) is -2.76.